The van der Waals surface area contributed by atoms with E-state index >= 15 is 0 Å². The predicted octanol–water partition coefficient (Wildman–Crippen LogP) is 2.81. The van der Waals surface area contributed by atoms with Crippen LogP contribution in [0.2, 0.25) is 0 Å². The summed E-state index contributed by atoms with van der Waals surface area (Å²) < 4.78 is 27.9. The van der Waals surface area contributed by atoms with Gasteiger partial charge in [0.15, 0.2) is 0 Å². The molecule has 0 radical (unpaired) electrons. The molecule has 0 atom stereocenters. The van der Waals surface area contributed by atoms with E-state index in [1.807, 2.05) is 32.9 Å². The lowest BCUT2D eigenvalue weighted by molar-refractivity contribution is 0.270. The first-order valence-corrected chi connectivity index (χ1v) is 8.69. The maximum atomic E-state index is 12.5. The fourth-order valence-electron chi connectivity index (χ4n) is 2.96. The molecule has 1 saturated carbocycles. The van der Waals surface area contributed by atoms with Crippen LogP contribution in [0.5, 0.6) is 0 Å². The summed E-state index contributed by atoms with van der Waals surface area (Å²) in [6, 6.07) is 3.89. The molecule has 0 unspecified atom stereocenters. The van der Waals surface area contributed by atoms with Gasteiger partial charge in [-0.2, -0.15) is 0 Å². The van der Waals surface area contributed by atoms with Gasteiger partial charge in [0, 0.05) is 18.3 Å². The van der Waals surface area contributed by atoms with Crippen LogP contribution in [-0.4, -0.2) is 21.0 Å². The van der Waals surface area contributed by atoms with Crippen molar-refractivity contribution in [3.8, 4) is 0 Å². The van der Waals surface area contributed by atoms with Crippen LogP contribution in [0.1, 0.15) is 37.8 Å². The highest BCUT2D eigenvalue weighted by molar-refractivity contribution is 7.89. The molecule has 0 amide bonds. The van der Waals surface area contributed by atoms with Crippen LogP contribution < -0.4 is 10.0 Å². The summed E-state index contributed by atoms with van der Waals surface area (Å²) in [4.78, 5) is 0.429. The van der Waals surface area contributed by atoms with Crippen LogP contribution >= 0.6 is 0 Å². The average Bonchev–Trinajstić information content (AvgIpc) is 2.25. The Kier molecular flexibility index (Phi) is 4.39. The quantitative estimate of drug-likeness (QED) is 0.878. The lowest BCUT2D eigenvalue weighted by atomic mass is 9.83. The first-order valence-electron chi connectivity index (χ1n) is 7.21. The SMILES string of the molecule is CCNc1cc(C)c(S(=O)(=O)NC2CC(C)C2)c(C)c1. The summed E-state index contributed by atoms with van der Waals surface area (Å²) in [5.74, 6) is 0.626. The standard InChI is InChI=1S/C15H24N2O2S/c1-5-16-13-8-11(3)15(12(4)9-13)20(18,19)17-14-6-10(2)7-14/h8-10,14,16-17H,5-7H2,1-4H3. The van der Waals surface area contributed by atoms with Crippen molar-refractivity contribution in [1.82, 2.24) is 4.72 Å². The molecule has 1 aliphatic rings. The highest BCUT2D eigenvalue weighted by atomic mass is 32.2. The number of sulfonamides is 1. The summed E-state index contributed by atoms with van der Waals surface area (Å²) in [6.07, 6.45) is 1.87. The second-order valence-electron chi connectivity index (χ2n) is 5.86. The topological polar surface area (TPSA) is 58.2 Å². The molecule has 0 aliphatic heterocycles. The van der Waals surface area contributed by atoms with Crippen LogP contribution in [-0.2, 0) is 10.0 Å². The van der Waals surface area contributed by atoms with Gasteiger partial charge in [-0.15, -0.1) is 0 Å². The zero-order valence-corrected chi connectivity index (χ0v) is 13.5. The zero-order valence-electron chi connectivity index (χ0n) is 12.7. The van der Waals surface area contributed by atoms with Crippen molar-refractivity contribution in [2.24, 2.45) is 5.92 Å². The minimum Gasteiger partial charge on any atom is -0.385 e. The Morgan fingerprint density at radius 2 is 1.75 bits per heavy atom. The second kappa shape index (κ2) is 5.74. The average molecular weight is 296 g/mol. The molecular weight excluding hydrogens is 272 g/mol. The van der Waals surface area contributed by atoms with Crippen molar-refractivity contribution in [2.45, 2.75) is 51.5 Å². The van der Waals surface area contributed by atoms with Crippen molar-refractivity contribution in [3.05, 3.63) is 23.3 Å². The fourth-order valence-corrected chi connectivity index (χ4v) is 4.67. The van der Waals surface area contributed by atoms with Gasteiger partial charge in [-0.25, -0.2) is 13.1 Å². The van der Waals surface area contributed by atoms with E-state index < -0.39 is 10.0 Å². The Hall–Kier alpha value is -1.07. The Balaban J connectivity index is 2.27. The molecular formula is C15H24N2O2S. The molecule has 20 heavy (non-hydrogen) atoms. The molecule has 4 nitrogen and oxygen atoms in total. The number of benzene rings is 1. The van der Waals surface area contributed by atoms with E-state index in [1.54, 1.807) is 0 Å². The van der Waals surface area contributed by atoms with Crippen LogP contribution in [0.4, 0.5) is 5.69 Å². The fraction of sp³-hybridized carbons (Fsp3) is 0.600. The highest BCUT2D eigenvalue weighted by Crippen LogP contribution is 2.30. The number of rotatable bonds is 5. The Morgan fingerprint density at radius 3 is 2.20 bits per heavy atom. The van der Waals surface area contributed by atoms with E-state index in [2.05, 4.69) is 17.0 Å². The molecule has 0 heterocycles. The molecule has 0 spiro atoms. The van der Waals surface area contributed by atoms with E-state index in [4.69, 9.17) is 0 Å². The van der Waals surface area contributed by atoms with Gasteiger partial charge < -0.3 is 5.32 Å². The molecule has 1 aromatic carbocycles. The van der Waals surface area contributed by atoms with E-state index in [-0.39, 0.29) is 6.04 Å². The number of anilines is 1. The molecule has 112 valence electrons. The monoisotopic (exact) mass is 296 g/mol. The summed E-state index contributed by atoms with van der Waals surface area (Å²) in [6.45, 7) is 8.70. The lowest BCUT2D eigenvalue weighted by Crippen LogP contribution is -2.43. The summed E-state index contributed by atoms with van der Waals surface area (Å²) in [5.41, 5.74) is 2.56. The Morgan fingerprint density at radius 1 is 1.20 bits per heavy atom. The first kappa shape index (κ1) is 15.3. The molecule has 0 bridgehead atoms. The number of hydrogen-bond donors (Lipinski definition) is 2. The second-order valence-corrected chi connectivity index (χ2v) is 7.52. The molecule has 1 aromatic rings. The Bertz CT molecular complexity index is 567. The van der Waals surface area contributed by atoms with Crippen LogP contribution in [0.25, 0.3) is 0 Å². The van der Waals surface area contributed by atoms with Crippen LogP contribution in [0.3, 0.4) is 0 Å². The summed E-state index contributed by atoms with van der Waals surface area (Å²) in [5, 5.41) is 3.22. The van der Waals surface area contributed by atoms with Gasteiger partial charge >= 0.3 is 0 Å². The van der Waals surface area contributed by atoms with Crippen LogP contribution in [0, 0.1) is 19.8 Å². The van der Waals surface area contributed by atoms with E-state index in [1.165, 1.54) is 0 Å². The highest BCUT2D eigenvalue weighted by Gasteiger charge is 2.31. The number of nitrogens with one attached hydrogen (secondary N) is 2. The molecule has 1 fully saturated rings. The number of hydrogen-bond acceptors (Lipinski definition) is 3. The predicted molar refractivity (Wildman–Crippen MR) is 82.6 cm³/mol. The van der Waals surface area contributed by atoms with Crippen molar-refractivity contribution >= 4 is 15.7 Å². The van der Waals surface area contributed by atoms with Gasteiger partial charge in [-0.05, 0) is 62.8 Å². The Labute approximate surface area is 122 Å². The van der Waals surface area contributed by atoms with E-state index in [0.717, 1.165) is 36.2 Å². The van der Waals surface area contributed by atoms with Crippen molar-refractivity contribution in [2.75, 3.05) is 11.9 Å². The summed E-state index contributed by atoms with van der Waals surface area (Å²) >= 11 is 0. The van der Waals surface area contributed by atoms with Gasteiger partial charge in [0.25, 0.3) is 0 Å². The lowest BCUT2D eigenvalue weighted by Gasteiger charge is -2.33. The molecule has 1 aliphatic carbocycles. The normalized spacial score (nSPS) is 22.4. The third-order valence-electron chi connectivity index (χ3n) is 3.81. The largest absolute Gasteiger partial charge is 0.385 e. The smallest absolute Gasteiger partial charge is 0.241 e. The van der Waals surface area contributed by atoms with Crippen molar-refractivity contribution in [1.29, 1.82) is 0 Å². The molecule has 0 saturated heterocycles. The molecule has 2 N–H and O–H groups in total. The van der Waals surface area contributed by atoms with Gasteiger partial charge in [0.2, 0.25) is 10.0 Å². The molecule has 2 rings (SSSR count). The van der Waals surface area contributed by atoms with Gasteiger partial charge in [-0.1, -0.05) is 6.92 Å². The summed E-state index contributed by atoms with van der Waals surface area (Å²) in [7, 11) is -3.41. The molecule has 5 heteroatoms. The molecule has 0 aromatic heterocycles. The maximum Gasteiger partial charge on any atom is 0.241 e. The minimum atomic E-state index is -3.41. The minimum absolute atomic E-state index is 0.0993. The third-order valence-corrected chi connectivity index (χ3v) is 5.63. The number of aryl methyl sites for hydroxylation is 2. The first-order chi connectivity index (χ1) is 9.33. The maximum absolute atomic E-state index is 12.5. The van der Waals surface area contributed by atoms with Crippen LogP contribution in [0.15, 0.2) is 17.0 Å². The zero-order chi connectivity index (χ0) is 14.9. The van der Waals surface area contributed by atoms with Crippen molar-refractivity contribution in [3.63, 3.8) is 0 Å². The van der Waals surface area contributed by atoms with Crippen molar-refractivity contribution < 1.29 is 8.42 Å². The van der Waals surface area contributed by atoms with E-state index in [0.29, 0.717) is 10.8 Å². The van der Waals surface area contributed by atoms with Gasteiger partial charge in [0.1, 0.15) is 0 Å². The third kappa shape index (κ3) is 3.15. The van der Waals surface area contributed by atoms with E-state index in [9.17, 15) is 8.42 Å². The van der Waals surface area contributed by atoms with Gasteiger partial charge in [-0.3, -0.25) is 0 Å². The van der Waals surface area contributed by atoms with Gasteiger partial charge in [0.05, 0.1) is 4.90 Å².